The van der Waals surface area contributed by atoms with Crippen LogP contribution in [0, 0.1) is 17.0 Å². The molecular formula is C10H16N2S. The molecule has 0 spiro atoms. The predicted octanol–water partition coefficient (Wildman–Crippen LogP) is 3.04. The Morgan fingerprint density at radius 3 is 2.54 bits per heavy atom. The molecule has 0 atom stereocenters. The van der Waals surface area contributed by atoms with Crippen molar-refractivity contribution in [1.29, 1.82) is 0 Å². The van der Waals surface area contributed by atoms with E-state index in [9.17, 15) is 0 Å². The number of rotatable bonds is 1. The summed E-state index contributed by atoms with van der Waals surface area (Å²) in [7, 11) is 0. The van der Waals surface area contributed by atoms with E-state index in [4.69, 9.17) is 12.2 Å². The molecule has 0 saturated heterocycles. The molecule has 1 aromatic heterocycles. The van der Waals surface area contributed by atoms with Crippen molar-refractivity contribution < 1.29 is 0 Å². The number of hydrogen-bond acceptors (Lipinski definition) is 2. The zero-order valence-electron chi connectivity index (χ0n) is 8.64. The van der Waals surface area contributed by atoms with Crippen LogP contribution in [0.5, 0.6) is 0 Å². The Morgan fingerprint density at radius 1 is 1.46 bits per heavy atom. The molecule has 3 heteroatoms. The van der Waals surface area contributed by atoms with Gasteiger partial charge in [-0.15, -0.1) is 0 Å². The van der Waals surface area contributed by atoms with Crippen molar-refractivity contribution in [2.24, 2.45) is 5.41 Å². The van der Waals surface area contributed by atoms with E-state index >= 15 is 0 Å². The first-order chi connectivity index (χ1) is 5.87. The summed E-state index contributed by atoms with van der Waals surface area (Å²) < 4.78 is 0.676. The van der Waals surface area contributed by atoms with Gasteiger partial charge in [-0.25, -0.2) is 4.98 Å². The second kappa shape index (κ2) is 3.58. The number of hydrogen-bond donors (Lipinski definition) is 1. The van der Waals surface area contributed by atoms with Gasteiger partial charge in [-0.3, -0.25) is 0 Å². The third-order valence-corrected chi connectivity index (χ3v) is 1.83. The Kier molecular flexibility index (Phi) is 2.86. The van der Waals surface area contributed by atoms with Crippen LogP contribution in [0.25, 0.3) is 0 Å². The molecule has 1 heterocycles. The molecule has 0 aliphatic rings. The highest BCUT2D eigenvalue weighted by Gasteiger charge is 2.12. The molecule has 0 aliphatic heterocycles. The van der Waals surface area contributed by atoms with E-state index < -0.39 is 0 Å². The monoisotopic (exact) mass is 196 g/mol. The van der Waals surface area contributed by atoms with E-state index in [1.165, 1.54) is 0 Å². The van der Waals surface area contributed by atoms with Crippen LogP contribution < -0.4 is 0 Å². The van der Waals surface area contributed by atoms with E-state index in [2.05, 4.69) is 30.7 Å². The summed E-state index contributed by atoms with van der Waals surface area (Å²) in [5.41, 5.74) is 1.33. The highest BCUT2D eigenvalue weighted by Crippen LogP contribution is 2.18. The number of aryl methyl sites for hydroxylation is 1. The second-order valence-electron chi connectivity index (χ2n) is 4.59. The molecule has 0 amide bonds. The van der Waals surface area contributed by atoms with Gasteiger partial charge in [-0.05, 0) is 18.4 Å². The maximum atomic E-state index is 5.05. The summed E-state index contributed by atoms with van der Waals surface area (Å²) in [4.78, 5) is 7.51. The second-order valence-corrected chi connectivity index (χ2v) is 5.00. The summed E-state index contributed by atoms with van der Waals surface area (Å²) in [6.45, 7) is 8.57. The van der Waals surface area contributed by atoms with Crippen LogP contribution in [0.15, 0.2) is 6.07 Å². The third kappa shape index (κ3) is 3.68. The lowest BCUT2D eigenvalue weighted by atomic mass is 9.92. The molecule has 1 N–H and O–H groups in total. The Bertz CT molecular complexity index is 347. The average molecular weight is 196 g/mol. The summed E-state index contributed by atoms with van der Waals surface area (Å²) in [5.74, 6) is 0.984. The Morgan fingerprint density at radius 2 is 2.08 bits per heavy atom. The van der Waals surface area contributed by atoms with E-state index in [1.54, 1.807) is 0 Å². The fourth-order valence-corrected chi connectivity index (χ4v) is 1.52. The molecule has 72 valence electrons. The van der Waals surface area contributed by atoms with Crippen LogP contribution in [0.1, 0.15) is 32.3 Å². The van der Waals surface area contributed by atoms with Crippen molar-refractivity contribution in [2.45, 2.75) is 34.1 Å². The Labute approximate surface area is 84.4 Å². The topological polar surface area (TPSA) is 28.7 Å². The average Bonchev–Trinajstić information content (AvgIpc) is 1.78. The lowest BCUT2D eigenvalue weighted by Gasteiger charge is -2.17. The first kappa shape index (κ1) is 10.4. The number of nitrogens with zero attached hydrogens (tertiary/aromatic N) is 1. The van der Waals surface area contributed by atoms with Crippen molar-refractivity contribution in [3.05, 3.63) is 22.2 Å². The zero-order valence-corrected chi connectivity index (χ0v) is 9.46. The van der Waals surface area contributed by atoms with E-state index in [1.807, 2.05) is 13.0 Å². The highest BCUT2D eigenvalue weighted by molar-refractivity contribution is 7.71. The lowest BCUT2D eigenvalue weighted by Crippen LogP contribution is -2.12. The van der Waals surface area contributed by atoms with Crippen LogP contribution in [0.4, 0.5) is 0 Å². The minimum Gasteiger partial charge on any atom is -0.347 e. The van der Waals surface area contributed by atoms with E-state index in [0.29, 0.717) is 4.64 Å². The van der Waals surface area contributed by atoms with Gasteiger partial charge in [-0.2, -0.15) is 0 Å². The van der Waals surface area contributed by atoms with E-state index in [0.717, 1.165) is 17.9 Å². The fraction of sp³-hybridized carbons (Fsp3) is 0.600. The Balaban J connectivity index is 2.96. The standard InChI is InChI=1S/C10H16N2S/c1-7-5-9(13)12-8(11-7)6-10(2,3)4/h5H,6H2,1-4H3,(H,11,12,13). The minimum atomic E-state index is 0.249. The van der Waals surface area contributed by atoms with Crippen molar-refractivity contribution in [3.63, 3.8) is 0 Å². The van der Waals surface area contributed by atoms with Gasteiger partial charge in [0.15, 0.2) is 0 Å². The molecule has 0 unspecified atom stereocenters. The molecule has 0 fully saturated rings. The van der Waals surface area contributed by atoms with Crippen molar-refractivity contribution in [2.75, 3.05) is 0 Å². The van der Waals surface area contributed by atoms with Crippen LogP contribution in [0.3, 0.4) is 0 Å². The van der Waals surface area contributed by atoms with Gasteiger partial charge in [0.05, 0.1) is 0 Å². The largest absolute Gasteiger partial charge is 0.347 e. The van der Waals surface area contributed by atoms with Crippen molar-refractivity contribution >= 4 is 12.2 Å². The van der Waals surface area contributed by atoms with Crippen molar-refractivity contribution in [1.82, 2.24) is 9.97 Å². The fourth-order valence-electron chi connectivity index (χ4n) is 1.23. The van der Waals surface area contributed by atoms with Gasteiger partial charge in [0.1, 0.15) is 10.5 Å². The van der Waals surface area contributed by atoms with Gasteiger partial charge in [0.2, 0.25) is 0 Å². The smallest absolute Gasteiger partial charge is 0.129 e. The first-order valence-corrected chi connectivity index (χ1v) is 4.84. The minimum absolute atomic E-state index is 0.249. The molecule has 13 heavy (non-hydrogen) atoms. The maximum absolute atomic E-state index is 5.05. The molecule has 0 saturated carbocycles. The number of aromatic nitrogens is 2. The first-order valence-electron chi connectivity index (χ1n) is 4.44. The number of H-pyrrole nitrogens is 1. The van der Waals surface area contributed by atoms with Gasteiger partial charge < -0.3 is 4.98 Å². The molecule has 0 aliphatic carbocycles. The Hall–Kier alpha value is -0.700. The molecule has 1 aromatic rings. The molecule has 1 rings (SSSR count). The number of aromatic amines is 1. The van der Waals surface area contributed by atoms with Crippen LogP contribution in [-0.2, 0) is 6.42 Å². The zero-order chi connectivity index (χ0) is 10.1. The van der Waals surface area contributed by atoms with Crippen LogP contribution >= 0.6 is 12.2 Å². The van der Waals surface area contributed by atoms with Crippen molar-refractivity contribution in [3.8, 4) is 0 Å². The lowest BCUT2D eigenvalue weighted by molar-refractivity contribution is 0.400. The number of nitrogens with one attached hydrogen (secondary N) is 1. The quantitative estimate of drug-likeness (QED) is 0.699. The summed E-state index contributed by atoms with van der Waals surface area (Å²) in [5, 5.41) is 0. The van der Waals surface area contributed by atoms with Gasteiger partial charge in [0, 0.05) is 12.1 Å². The van der Waals surface area contributed by atoms with Crippen LogP contribution in [-0.4, -0.2) is 9.97 Å². The molecule has 0 bridgehead atoms. The molecule has 0 radical (unpaired) electrons. The van der Waals surface area contributed by atoms with Crippen LogP contribution in [0.2, 0.25) is 0 Å². The van der Waals surface area contributed by atoms with Gasteiger partial charge in [-0.1, -0.05) is 33.0 Å². The third-order valence-electron chi connectivity index (χ3n) is 1.62. The molecular weight excluding hydrogens is 180 g/mol. The summed E-state index contributed by atoms with van der Waals surface area (Å²) >= 11 is 5.05. The molecule has 2 nitrogen and oxygen atoms in total. The van der Waals surface area contributed by atoms with Gasteiger partial charge in [0.25, 0.3) is 0 Å². The highest BCUT2D eigenvalue weighted by atomic mass is 32.1. The molecule has 0 aromatic carbocycles. The summed E-state index contributed by atoms with van der Waals surface area (Å²) in [6, 6.07) is 1.88. The SMILES string of the molecule is Cc1cc(=S)nc(CC(C)(C)C)[nH]1. The maximum Gasteiger partial charge on any atom is 0.129 e. The van der Waals surface area contributed by atoms with E-state index in [-0.39, 0.29) is 5.41 Å². The normalized spacial score (nSPS) is 11.7. The predicted molar refractivity (Wildman–Crippen MR) is 57.3 cm³/mol. The summed E-state index contributed by atoms with van der Waals surface area (Å²) in [6.07, 6.45) is 0.929. The van der Waals surface area contributed by atoms with Gasteiger partial charge >= 0.3 is 0 Å².